The van der Waals surface area contributed by atoms with Crippen molar-refractivity contribution in [2.75, 3.05) is 0 Å². The molecular weight excluding hydrogens is 226 g/mol. The second-order valence-electron chi connectivity index (χ2n) is 5.82. The lowest BCUT2D eigenvalue weighted by Crippen LogP contribution is -2.22. The molecule has 0 unspecified atom stereocenters. The van der Waals surface area contributed by atoms with Crippen LogP contribution in [0, 0.1) is 0 Å². The first-order chi connectivity index (χ1) is 7.88. The van der Waals surface area contributed by atoms with Crippen LogP contribution in [0.15, 0.2) is 30.5 Å². The fraction of sp³-hybridized carbons (Fsp3) is 0.429. The van der Waals surface area contributed by atoms with E-state index in [4.69, 9.17) is 4.53 Å². The maximum Gasteiger partial charge on any atom is 0.264 e. The summed E-state index contributed by atoms with van der Waals surface area (Å²) in [6, 6.07) is 8.75. The minimum absolute atomic E-state index is 0.198. The molecule has 0 aliphatic carbocycles. The lowest BCUT2D eigenvalue weighted by atomic mass is 9.86. The van der Waals surface area contributed by atoms with Crippen LogP contribution in [0.1, 0.15) is 26.3 Å². The molecule has 2 rings (SSSR count). The van der Waals surface area contributed by atoms with Crippen LogP contribution >= 0.6 is 0 Å². The van der Waals surface area contributed by atoms with Crippen molar-refractivity contribution in [2.24, 2.45) is 0 Å². The summed E-state index contributed by atoms with van der Waals surface area (Å²) in [7, 11) is -1.05. The summed E-state index contributed by atoms with van der Waals surface area (Å²) in [5.74, 6) is 0. The van der Waals surface area contributed by atoms with Crippen molar-refractivity contribution < 1.29 is 4.53 Å². The third-order valence-corrected chi connectivity index (χ3v) is 3.49. The topological polar surface area (TPSA) is 14.2 Å². The number of nitrogens with zero attached hydrogens (tertiary/aromatic N) is 1. The monoisotopic (exact) mass is 247 g/mol. The van der Waals surface area contributed by atoms with Crippen LogP contribution in [0.4, 0.5) is 0 Å². The van der Waals surface area contributed by atoms with Crippen LogP contribution in [-0.2, 0) is 5.41 Å². The van der Waals surface area contributed by atoms with E-state index in [1.165, 1.54) is 16.5 Å². The summed E-state index contributed by atoms with van der Waals surface area (Å²) >= 11 is 0. The molecule has 0 amide bonds. The van der Waals surface area contributed by atoms with E-state index in [9.17, 15) is 0 Å². The first-order valence-electron chi connectivity index (χ1n) is 6.16. The maximum absolute atomic E-state index is 5.85. The molecule has 0 aliphatic rings. The molecule has 0 fully saturated rings. The Hall–Kier alpha value is -1.22. The van der Waals surface area contributed by atoms with Crippen molar-refractivity contribution in [1.82, 2.24) is 4.73 Å². The number of fused-ring (bicyclic) bond motifs is 1. The highest BCUT2D eigenvalue weighted by Gasteiger charge is 2.14. The molecule has 0 bridgehead atoms. The molecule has 0 saturated heterocycles. The van der Waals surface area contributed by atoms with Crippen LogP contribution in [0.25, 0.3) is 10.9 Å². The Balaban J connectivity index is 2.45. The summed E-state index contributed by atoms with van der Waals surface area (Å²) in [4.78, 5) is 0. The SMILES string of the molecule is C[SiH](C)On1ccc2cc(C(C)(C)C)ccc21. The third-order valence-electron chi connectivity index (χ3n) is 2.84. The van der Waals surface area contributed by atoms with Crippen LogP contribution in [0.2, 0.25) is 13.1 Å². The van der Waals surface area contributed by atoms with Crippen molar-refractivity contribution in [3.8, 4) is 0 Å². The van der Waals surface area contributed by atoms with Gasteiger partial charge in [-0.3, -0.25) is 0 Å². The minimum Gasteiger partial charge on any atom is -0.474 e. The van der Waals surface area contributed by atoms with E-state index in [0.29, 0.717) is 0 Å². The summed E-state index contributed by atoms with van der Waals surface area (Å²) in [5.41, 5.74) is 2.73. The third kappa shape index (κ3) is 2.55. The number of benzene rings is 1. The molecule has 0 spiro atoms. The van der Waals surface area contributed by atoms with Gasteiger partial charge in [0.05, 0.1) is 5.52 Å². The Labute approximate surface area is 105 Å². The fourth-order valence-corrected chi connectivity index (χ4v) is 2.54. The predicted molar refractivity (Wildman–Crippen MR) is 76.1 cm³/mol. The average molecular weight is 247 g/mol. The van der Waals surface area contributed by atoms with Gasteiger partial charge >= 0.3 is 0 Å². The van der Waals surface area contributed by atoms with Crippen molar-refractivity contribution in [1.29, 1.82) is 0 Å². The zero-order valence-corrected chi connectivity index (χ0v) is 12.5. The Morgan fingerprint density at radius 3 is 2.41 bits per heavy atom. The zero-order chi connectivity index (χ0) is 12.6. The number of rotatable bonds is 2. The second-order valence-corrected chi connectivity index (χ2v) is 8.13. The van der Waals surface area contributed by atoms with Gasteiger partial charge in [-0.25, -0.2) is 4.73 Å². The van der Waals surface area contributed by atoms with Crippen molar-refractivity contribution in [3.63, 3.8) is 0 Å². The molecule has 2 aromatic rings. The van der Waals surface area contributed by atoms with Crippen molar-refractivity contribution in [2.45, 2.75) is 39.3 Å². The second kappa shape index (κ2) is 4.22. The lowest BCUT2D eigenvalue weighted by Gasteiger charge is -2.19. The van der Waals surface area contributed by atoms with Gasteiger partial charge in [-0.1, -0.05) is 26.8 Å². The molecule has 0 N–H and O–H groups in total. The Bertz CT molecular complexity index is 522. The van der Waals surface area contributed by atoms with E-state index < -0.39 is 9.04 Å². The van der Waals surface area contributed by atoms with E-state index in [1.807, 2.05) is 10.9 Å². The highest BCUT2D eigenvalue weighted by Crippen LogP contribution is 2.26. The Kier molecular flexibility index (Phi) is 3.04. The van der Waals surface area contributed by atoms with Crippen molar-refractivity contribution >= 4 is 19.9 Å². The van der Waals surface area contributed by atoms with E-state index >= 15 is 0 Å². The first-order valence-corrected chi connectivity index (χ1v) is 8.95. The normalized spacial score (nSPS) is 12.4. The first kappa shape index (κ1) is 12.2. The van der Waals surface area contributed by atoms with E-state index in [1.54, 1.807) is 0 Å². The molecular formula is C14H21NOSi. The minimum atomic E-state index is -1.05. The van der Waals surface area contributed by atoms with E-state index in [-0.39, 0.29) is 5.41 Å². The van der Waals surface area contributed by atoms with Gasteiger partial charge in [0, 0.05) is 11.6 Å². The van der Waals surface area contributed by atoms with Crippen LogP contribution in [0.5, 0.6) is 0 Å². The van der Waals surface area contributed by atoms with Gasteiger partial charge in [0.25, 0.3) is 9.04 Å². The van der Waals surface area contributed by atoms with Gasteiger partial charge in [0.2, 0.25) is 0 Å². The zero-order valence-electron chi connectivity index (χ0n) is 11.3. The molecule has 1 aromatic carbocycles. The molecule has 3 heteroatoms. The summed E-state index contributed by atoms with van der Waals surface area (Å²) in [5, 5.41) is 1.26. The van der Waals surface area contributed by atoms with Gasteiger partial charge in [0.1, 0.15) is 0 Å². The average Bonchev–Trinajstić information content (AvgIpc) is 2.59. The number of hydrogen-bond donors (Lipinski definition) is 0. The molecule has 92 valence electrons. The Morgan fingerprint density at radius 2 is 1.82 bits per heavy atom. The largest absolute Gasteiger partial charge is 0.474 e. The summed E-state index contributed by atoms with van der Waals surface area (Å²) in [6.07, 6.45) is 2.02. The van der Waals surface area contributed by atoms with Gasteiger partial charge in [0.15, 0.2) is 0 Å². The smallest absolute Gasteiger partial charge is 0.264 e. The standard InChI is InChI=1S/C14H21NOSi/c1-14(2,3)12-6-7-13-11(10-12)8-9-15(13)16-17(4)5/h6-10,17H,1-5H3. The molecule has 0 saturated carbocycles. The highest BCUT2D eigenvalue weighted by molar-refractivity contribution is 6.48. The number of aromatic nitrogens is 1. The molecule has 2 nitrogen and oxygen atoms in total. The summed E-state index contributed by atoms with van der Waals surface area (Å²) in [6.45, 7) is 11.1. The molecule has 0 radical (unpaired) electrons. The van der Waals surface area contributed by atoms with Gasteiger partial charge < -0.3 is 4.53 Å². The molecule has 0 aliphatic heterocycles. The molecule has 0 atom stereocenters. The van der Waals surface area contributed by atoms with Gasteiger partial charge in [-0.2, -0.15) is 0 Å². The quantitative estimate of drug-likeness (QED) is 0.742. The van der Waals surface area contributed by atoms with Crippen LogP contribution in [0.3, 0.4) is 0 Å². The highest BCUT2D eigenvalue weighted by atomic mass is 28.3. The lowest BCUT2D eigenvalue weighted by molar-refractivity contribution is 0.296. The Morgan fingerprint density at radius 1 is 1.12 bits per heavy atom. The molecule has 1 heterocycles. The van der Waals surface area contributed by atoms with Gasteiger partial charge in [-0.15, -0.1) is 0 Å². The molecule has 1 aromatic heterocycles. The van der Waals surface area contributed by atoms with Crippen molar-refractivity contribution in [3.05, 3.63) is 36.0 Å². The van der Waals surface area contributed by atoms with Crippen LogP contribution in [-0.4, -0.2) is 13.8 Å². The maximum atomic E-state index is 5.85. The van der Waals surface area contributed by atoms with Crippen LogP contribution < -0.4 is 4.53 Å². The number of hydrogen-bond acceptors (Lipinski definition) is 1. The van der Waals surface area contributed by atoms with E-state index in [0.717, 1.165) is 0 Å². The fourth-order valence-electron chi connectivity index (χ4n) is 1.90. The summed E-state index contributed by atoms with van der Waals surface area (Å²) < 4.78 is 7.76. The van der Waals surface area contributed by atoms with Gasteiger partial charge in [-0.05, 0) is 42.3 Å². The van der Waals surface area contributed by atoms with E-state index in [2.05, 4.69) is 58.1 Å². The predicted octanol–water partition coefficient (Wildman–Crippen LogP) is 3.35. The molecule has 17 heavy (non-hydrogen) atoms.